The number of nitrogens with one attached hydrogen (secondary N) is 1. The lowest BCUT2D eigenvalue weighted by Crippen LogP contribution is -2.49. The van der Waals surface area contributed by atoms with Crippen molar-refractivity contribution < 1.29 is 8.42 Å². The number of hydrogen-bond donors (Lipinski definition) is 1. The van der Waals surface area contributed by atoms with E-state index in [0.717, 1.165) is 25.2 Å². The molecular weight excluding hydrogens is 336 g/mol. The van der Waals surface area contributed by atoms with Crippen molar-refractivity contribution >= 4 is 16.0 Å². The molecule has 1 aromatic carbocycles. The first-order valence-electron chi connectivity index (χ1n) is 8.93. The molecule has 1 unspecified atom stereocenters. The number of fused-ring (bicyclic) bond motifs is 1. The highest BCUT2D eigenvalue weighted by molar-refractivity contribution is 7.89. The Labute approximate surface area is 148 Å². The van der Waals surface area contributed by atoms with E-state index in [2.05, 4.69) is 39.1 Å². The van der Waals surface area contributed by atoms with Crippen LogP contribution in [0.15, 0.2) is 36.7 Å². The summed E-state index contributed by atoms with van der Waals surface area (Å²) in [5, 5.41) is 0. The van der Waals surface area contributed by atoms with Crippen LogP contribution in [0, 0.1) is 0 Å². The van der Waals surface area contributed by atoms with Gasteiger partial charge in [-0.25, -0.2) is 13.4 Å². The molecule has 2 aliphatic rings. The van der Waals surface area contributed by atoms with Crippen molar-refractivity contribution in [3.63, 3.8) is 0 Å². The van der Waals surface area contributed by atoms with Crippen molar-refractivity contribution in [2.45, 2.75) is 25.2 Å². The zero-order chi connectivity index (χ0) is 17.3. The van der Waals surface area contributed by atoms with E-state index >= 15 is 0 Å². The van der Waals surface area contributed by atoms with E-state index in [9.17, 15) is 8.42 Å². The molecular formula is C18H24N4O2S. The first-order valence-corrected chi connectivity index (χ1v) is 10.5. The normalized spacial score (nSPS) is 21.4. The van der Waals surface area contributed by atoms with E-state index in [1.807, 2.05) is 0 Å². The van der Waals surface area contributed by atoms with E-state index in [0.29, 0.717) is 32.1 Å². The number of imidazole rings is 1. The Morgan fingerprint density at radius 2 is 1.96 bits per heavy atom. The van der Waals surface area contributed by atoms with Crippen LogP contribution in [0.2, 0.25) is 0 Å². The van der Waals surface area contributed by atoms with Crippen LogP contribution in [-0.4, -0.2) is 54.6 Å². The Kier molecular flexibility index (Phi) is 4.52. The smallest absolute Gasteiger partial charge is 0.214 e. The third-order valence-corrected chi connectivity index (χ3v) is 7.30. The minimum absolute atomic E-state index is 0.243. The number of benzene rings is 1. The van der Waals surface area contributed by atoms with Gasteiger partial charge in [0.05, 0.1) is 5.75 Å². The quantitative estimate of drug-likeness (QED) is 0.885. The van der Waals surface area contributed by atoms with Gasteiger partial charge in [0, 0.05) is 38.6 Å². The molecule has 1 aliphatic carbocycles. The zero-order valence-electron chi connectivity index (χ0n) is 14.3. The number of sulfonamides is 1. The van der Waals surface area contributed by atoms with Crippen LogP contribution >= 0.6 is 0 Å². The second-order valence-corrected chi connectivity index (χ2v) is 8.93. The van der Waals surface area contributed by atoms with E-state index in [4.69, 9.17) is 0 Å². The predicted molar refractivity (Wildman–Crippen MR) is 98.3 cm³/mol. The van der Waals surface area contributed by atoms with Crippen LogP contribution in [0.5, 0.6) is 0 Å². The first-order chi connectivity index (χ1) is 12.1. The molecule has 7 heteroatoms. The molecule has 134 valence electrons. The summed E-state index contributed by atoms with van der Waals surface area (Å²) >= 11 is 0. The molecule has 1 saturated heterocycles. The molecule has 25 heavy (non-hydrogen) atoms. The van der Waals surface area contributed by atoms with Gasteiger partial charge in [-0.05, 0) is 36.3 Å². The van der Waals surface area contributed by atoms with Crippen molar-refractivity contribution in [2.24, 2.45) is 0 Å². The van der Waals surface area contributed by atoms with Crippen LogP contribution < -0.4 is 4.90 Å². The lowest BCUT2D eigenvalue weighted by molar-refractivity contribution is 0.381. The summed E-state index contributed by atoms with van der Waals surface area (Å²) in [6, 6.07) is 8.44. The van der Waals surface area contributed by atoms with Gasteiger partial charge in [-0.1, -0.05) is 24.3 Å². The fraction of sp³-hybridized carbons (Fsp3) is 0.500. The maximum absolute atomic E-state index is 12.7. The van der Waals surface area contributed by atoms with Crippen molar-refractivity contribution in [2.75, 3.05) is 36.8 Å². The lowest BCUT2D eigenvalue weighted by Gasteiger charge is -2.34. The molecule has 0 bridgehead atoms. The molecule has 4 rings (SSSR count). The molecule has 0 spiro atoms. The van der Waals surface area contributed by atoms with Crippen molar-refractivity contribution in [3.05, 3.63) is 47.8 Å². The van der Waals surface area contributed by atoms with Crippen LogP contribution in [0.25, 0.3) is 0 Å². The fourth-order valence-corrected chi connectivity index (χ4v) is 5.53. The van der Waals surface area contributed by atoms with E-state index in [1.165, 1.54) is 11.1 Å². The van der Waals surface area contributed by atoms with Gasteiger partial charge in [-0.15, -0.1) is 0 Å². The topological polar surface area (TPSA) is 69.3 Å². The van der Waals surface area contributed by atoms with Gasteiger partial charge in [-0.3, -0.25) is 0 Å². The Morgan fingerprint density at radius 1 is 1.16 bits per heavy atom. The fourth-order valence-electron chi connectivity index (χ4n) is 3.97. The maximum Gasteiger partial charge on any atom is 0.214 e. The number of aromatic nitrogens is 2. The van der Waals surface area contributed by atoms with E-state index in [-0.39, 0.29) is 5.75 Å². The third kappa shape index (κ3) is 3.43. The van der Waals surface area contributed by atoms with Gasteiger partial charge < -0.3 is 9.88 Å². The maximum atomic E-state index is 12.7. The summed E-state index contributed by atoms with van der Waals surface area (Å²) in [7, 11) is -3.19. The molecule has 0 saturated carbocycles. The number of H-pyrrole nitrogens is 1. The van der Waals surface area contributed by atoms with Gasteiger partial charge in [-0.2, -0.15) is 4.31 Å². The first kappa shape index (κ1) is 16.6. The summed E-state index contributed by atoms with van der Waals surface area (Å²) in [5.41, 5.74) is 2.73. The van der Waals surface area contributed by atoms with Gasteiger partial charge in [0.25, 0.3) is 0 Å². The van der Waals surface area contributed by atoms with Gasteiger partial charge in [0.2, 0.25) is 16.0 Å². The minimum atomic E-state index is -3.19. The zero-order valence-corrected chi connectivity index (χ0v) is 15.1. The van der Waals surface area contributed by atoms with Crippen LogP contribution in [0.1, 0.15) is 29.9 Å². The second kappa shape index (κ2) is 6.80. The van der Waals surface area contributed by atoms with Crippen LogP contribution in [-0.2, 0) is 16.4 Å². The van der Waals surface area contributed by atoms with Crippen molar-refractivity contribution in [3.8, 4) is 0 Å². The minimum Gasteiger partial charge on any atom is -0.340 e. The van der Waals surface area contributed by atoms with Gasteiger partial charge in [0.1, 0.15) is 0 Å². The Morgan fingerprint density at radius 3 is 2.72 bits per heavy atom. The number of piperazine rings is 1. The summed E-state index contributed by atoms with van der Waals surface area (Å²) in [4.78, 5) is 9.41. The van der Waals surface area contributed by atoms with Crippen molar-refractivity contribution in [1.29, 1.82) is 0 Å². The number of anilines is 1. The monoisotopic (exact) mass is 360 g/mol. The molecule has 2 heterocycles. The largest absolute Gasteiger partial charge is 0.340 e. The summed E-state index contributed by atoms with van der Waals surface area (Å²) in [6.45, 7) is 2.42. The summed E-state index contributed by atoms with van der Waals surface area (Å²) in [6.07, 6.45) is 6.37. The van der Waals surface area contributed by atoms with Crippen LogP contribution in [0.4, 0.5) is 5.95 Å². The average Bonchev–Trinajstić information content (AvgIpc) is 3.30. The number of hydrogen-bond acceptors (Lipinski definition) is 4. The Balaban J connectivity index is 1.34. The molecule has 1 N–H and O–H groups in total. The number of aryl methyl sites for hydroxylation is 1. The molecule has 1 aromatic heterocycles. The van der Waals surface area contributed by atoms with E-state index in [1.54, 1.807) is 16.7 Å². The number of aromatic amines is 1. The van der Waals surface area contributed by atoms with Crippen LogP contribution in [0.3, 0.4) is 0 Å². The molecule has 1 aliphatic heterocycles. The number of rotatable bonds is 5. The molecule has 0 amide bonds. The van der Waals surface area contributed by atoms with E-state index < -0.39 is 10.0 Å². The van der Waals surface area contributed by atoms with Gasteiger partial charge >= 0.3 is 0 Å². The Bertz CT molecular complexity index is 811. The lowest BCUT2D eigenvalue weighted by atomic mass is 9.99. The van der Waals surface area contributed by atoms with Crippen molar-refractivity contribution in [1.82, 2.24) is 14.3 Å². The SMILES string of the molecule is O=S(=O)(CCC1CCc2ccccc21)N1CCN(c2ncc[nH]2)CC1. The highest BCUT2D eigenvalue weighted by atomic mass is 32.2. The molecule has 2 aromatic rings. The molecule has 1 fully saturated rings. The predicted octanol–water partition coefficient (Wildman–Crippen LogP) is 1.98. The highest BCUT2D eigenvalue weighted by Gasteiger charge is 2.30. The van der Waals surface area contributed by atoms with Gasteiger partial charge in [0.15, 0.2) is 0 Å². The average molecular weight is 360 g/mol. The third-order valence-electron chi connectivity index (χ3n) is 5.40. The summed E-state index contributed by atoms with van der Waals surface area (Å²) < 4.78 is 27.1. The summed E-state index contributed by atoms with van der Waals surface area (Å²) in [5.74, 6) is 1.45. The second-order valence-electron chi connectivity index (χ2n) is 6.84. The highest BCUT2D eigenvalue weighted by Crippen LogP contribution is 2.35. The molecule has 1 atom stereocenters. The molecule has 6 nitrogen and oxygen atoms in total. The Hall–Kier alpha value is -1.86. The standard InChI is InChI=1S/C18H24N4O2S/c23-25(24,14-7-16-6-5-15-3-1-2-4-17(15)16)22-12-10-21(11-13-22)18-19-8-9-20-18/h1-4,8-9,16H,5-7,10-14H2,(H,19,20). The molecule has 0 radical (unpaired) electrons. The number of nitrogens with zero attached hydrogens (tertiary/aromatic N) is 3.